The molecule has 152 valence electrons. The topological polar surface area (TPSA) is 71.5 Å². The monoisotopic (exact) mass is 393 g/mol. The second kappa shape index (κ2) is 8.66. The van der Waals surface area contributed by atoms with Crippen molar-refractivity contribution in [3.05, 3.63) is 65.2 Å². The fourth-order valence-corrected chi connectivity index (χ4v) is 3.81. The number of amides is 1. The van der Waals surface area contributed by atoms with E-state index < -0.39 is 0 Å². The number of hydrogen-bond acceptors (Lipinski definition) is 5. The van der Waals surface area contributed by atoms with Crippen LogP contribution in [0.1, 0.15) is 52.7 Å². The summed E-state index contributed by atoms with van der Waals surface area (Å²) in [5, 5.41) is 6.98. The van der Waals surface area contributed by atoms with Crippen molar-refractivity contribution in [1.82, 2.24) is 15.4 Å². The molecular formula is C23H27N3O3. The first kappa shape index (κ1) is 19.5. The number of furan rings is 1. The van der Waals surface area contributed by atoms with E-state index in [0.29, 0.717) is 12.3 Å². The molecule has 1 unspecified atom stereocenters. The zero-order chi connectivity index (χ0) is 20.2. The van der Waals surface area contributed by atoms with Crippen LogP contribution in [0.4, 0.5) is 0 Å². The van der Waals surface area contributed by atoms with Gasteiger partial charge < -0.3 is 14.3 Å². The lowest BCUT2D eigenvalue weighted by molar-refractivity contribution is 0.0905. The van der Waals surface area contributed by atoms with Crippen LogP contribution in [0.3, 0.4) is 0 Å². The van der Waals surface area contributed by atoms with Crippen LogP contribution in [0.5, 0.6) is 0 Å². The predicted molar refractivity (Wildman–Crippen MR) is 111 cm³/mol. The molecule has 1 aromatic carbocycles. The summed E-state index contributed by atoms with van der Waals surface area (Å²) in [5.74, 6) is 1.23. The third-order valence-corrected chi connectivity index (χ3v) is 5.69. The standard InChI is InChI=1S/C23H27N3O3/c1-16-8-9-18(13-17(16)2)22-14-19(25-29-22)23(27)24-15-20(21-7-6-12-28-21)26-10-4-3-5-11-26/h6-9,12-14,20H,3-5,10-11,15H2,1-2H3,(H,24,27). The lowest BCUT2D eigenvalue weighted by Crippen LogP contribution is -2.40. The Balaban J connectivity index is 1.44. The Morgan fingerprint density at radius 2 is 1.97 bits per heavy atom. The summed E-state index contributed by atoms with van der Waals surface area (Å²) in [4.78, 5) is 15.1. The molecule has 29 heavy (non-hydrogen) atoms. The molecule has 0 spiro atoms. The Hall–Kier alpha value is -2.86. The van der Waals surface area contributed by atoms with Gasteiger partial charge in [0.25, 0.3) is 5.91 Å². The van der Waals surface area contributed by atoms with Crippen LogP contribution in [-0.2, 0) is 0 Å². The summed E-state index contributed by atoms with van der Waals surface area (Å²) < 4.78 is 11.1. The fourth-order valence-electron chi connectivity index (χ4n) is 3.81. The number of hydrogen-bond donors (Lipinski definition) is 1. The van der Waals surface area contributed by atoms with Crippen LogP contribution in [-0.4, -0.2) is 35.6 Å². The van der Waals surface area contributed by atoms with Gasteiger partial charge >= 0.3 is 0 Å². The van der Waals surface area contributed by atoms with Gasteiger partial charge in [-0.15, -0.1) is 0 Å². The molecule has 1 N–H and O–H groups in total. The van der Waals surface area contributed by atoms with Gasteiger partial charge in [-0.05, 0) is 69.1 Å². The molecule has 0 radical (unpaired) electrons. The smallest absolute Gasteiger partial charge is 0.273 e. The Morgan fingerprint density at radius 1 is 1.14 bits per heavy atom. The molecule has 0 saturated carbocycles. The third-order valence-electron chi connectivity index (χ3n) is 5.69. The van der Waals surface area contributed by atoms with Crippen LogP contribution in [0, 0.1) is 13.8 Å². The highest BCUT2D eigenvalue weighted by molar-refractivity contribution is 5.93. The first-order chi connectivity index (χ1) is 14.1. The van der Waals surface area contributed by atoms with Gasteiger partial charge in [-0.2, -0.15) is 0 Å². The molecule has 1 aliphatic rings. The number of aryl methyl sites for hydroxylation is 2. The first-order valence-corrected chi connectivity index (χ1v) is 10.2. The maximum atomic E-state index is 12.7. The van der Waals surface area contributed by atoms with E-state index in [-0.39, 0.29) is 17.6 Å². The van der Waals surface area contributed by atoms with Gasteiger partial charge in [-0.3, -0.25) is 9.69 Å². The third kappa shape index (κ3) is 4.43. The molecule has 3 heterocycles. The number of likely N-dealkylation sites (tertiary alicyclic amines) is 1. The number of rotatable bonds is 6. The molecule has 3 aromatic rings. The van der Waals surface area contributed by atoms with Gasteiger partial charge in [0.1, 0.15) is 5.76 Å². The van der Waals surface area contributed by atoms with Crippen LogP contribution >= 0.6 is 0 Å². The molecule has 1 fully saturated rings. The van der Waals surface area contributed by atoms with Gasteiger partial charge in [0.15, 0.2) is 11.5 Å². The molecule has 1 atom stereocenters. The van der Waals surface area contributed by atoms with Gasteiger partial charge in [0.05, 0.1) is 12.3 Å². The van der Waals surface area contributed by atoms with Crippen LogP contribution in [0.15, 0.2) is 51.6 Å². The molecular weight excluding hydrogens is 366 g/mol. The summed E-state index contributed by atoms with van der Waals surface area (Å²) in [5.41, 5.74) is 3.59. The highest BCUT2D eigenvalue weighted by Crippen LogP contribution is 2.25. The number of nitrogens with one attached hydrogen (secondary N) is 1. The minimum Gasteiger partial charge on any atom is -0.468 e. The van der Waals surface area contributed by atoms with Crippen molar-refractivity contribution in [2.45, 2.75) is 39.2 Å². The van der Waals surface area contributed by atoms with E-state index in [4.69, 9.17) is 8.94 Å². The Labute approximate surface area is 170 Å². The molecule has 1 amide bonds. The summed E-state index contributed by atoms with van der Waals surface area (Å²) in [6, 6.07) is 11.7. The van der Waals surface area contributed by atoms with Crippen LogP contribution < -0.4 is 5.32 Å². The van der Waals surface area contributed by atoms with E-state index in [1.807, 2.05) is 30.3 Å². The van der Waals surface area contributed by atoms with Gasteiger partial charge in [0.2, 0.25) is 0 Å². The molecule has 0 bridgehead atoms. The maximum absolute atomic E-state index is 12.7. The molecule has 4 rings (SSSR count). The molecule has 6 heteroatoms. The van der Waals surface area contributed by atoms with E-state index in [0.717, 1.165) is 24.4 Å². The van der Waals surface area contributed by atoms with Crippen molar-refractivity contribution in [2.24, 2.45) is 0 Å². The number of aromatic nitrogens is 1. The average molecular weight is 393 g/mol. The lowest BCUT2D eigenvalue weighted by Gasteiger charge is -2.33. The first-order valence-electron chi connectivity index (χ1n) is 10.2. The van der Waals surface area contributed by atoms with Gasteiger partial charge in [-0.1, -0.05) is 23.7 Å². The summed E-state index contributed by atoms with van der Waals surface area (Å²) in [6.45, 7) is 6.62. The lowest BCUT2D eigenvalue weighted by atomic mass is 10.0. The van der Waals surface area contributed by atoms with Gasteiger partial charge in [0, 0.05) is 18.2 Å². The van der Waals surface area contributed by atoms with Gasteiger partial charge in [-0.25, -0.2) is 0 Å². The maximum Gasteiger partial charge on any atom is 0.273 e. The quantitative estimate of drug-likeness (QED) is 0.667. The second-order valence-electron chi connectivity index (χ2n) is 7.71. The van der Waals surface area contributed by atoms with E-state index in [2.05, 4.69) is 29.2 Å². The predicted octanol–water partition coefficient (Wildman–Crippen LogP) is 4.51. The van der Waals surface area contributed by atoms with Crippen molar-refractivity contribution in [2.75, 3.05) is 19.6 Å². The largest absolute Gasteiger partial charge is 0.468 e. The Morgan fingerprint density at radius 3 is 2.69 bits per heavy atom. The van der Waals surface area contributed by atoms with Crippen LogP contribution in [0.25, 0.3) is 11.3 Å². The van der Waals surface area contributed by atoms with Crippen molar-refractivity contribution in [1.29, 1.82) is 0 Å². The minimum atomic E-state index is -0.239. The number of carbonyl (C=O) groups excluding carboxylic acids is 1. The molecule has 1 saturated heterocycles. The van der Waals surface area contributed by atoms with Crippen LogP contribution in [0.2, 0.25) is 0 Å². The van der Waals surface area contributed by atoms with E-state index in [9.17, 15) is 4.79 Å². The normalized spacial score (nSPS) is 15.9. The summed E-state index contributed by atoms with van der Waals surface area (Å²) >= 11 is 0. The van der Waals surface area contributed by atoms with Crippen molar-refractivity contribution >= 4 is 5.91 Å². The zero-order valence-electron chi connectivity index (χ0n) is 17.0. The Bertz CT molecular complexity index is 956. The number of benzene rings is 1. The van der Waals surface area contributed by atoms with E-state index >= 15 is 0 Å². The summed E-state index contributed by atoms with van der Waals surface area (Å²) in [7, 11) is 0. The molecule has 2 aromatic heterocycles. The fraction of sp³-hybridized carbons (Fsp3) is 0.391. The number of nitrogens with zero attached hydrogens (tertiary/aromatic N) is 2. The zero-order valence-corrected chi connectivity index (χ0v) is 17.0. The number of carbonyl (C=O) groups is 1. The second-order valence-corrected chi connectivity index (χ2v) is 7.71. The molecule has 6 nitrogen and oxygen atoms in total. The molecule has 1 aliphatic heterocycles. The van der Waals surface area contributed by atoms with Crippen molar-refractivity contribution in [3.8, 4) is 11.3 Å². The van der Waals surface area contributed by atoms with Crippen molar-refractivity contribution < 1.29 is 13.7 Å². The van der Waals surface area contributed by atoms with E-state index in [1.165, 1.54) is 30.4 Å². The minimum absolute atomic E-state index is 0.0281. The van der Waals surface area contributed by atoms with E-state index in [1.54, 1.807) is 12.3 Å². The summed E-state index contributed by atoms with van der Waals surface area (Å²) in [6.07, 6.45) is 5.29. The highest BCUT2D eigenvalue weighted by atomic mass is 16.5. The SMILES string of the molecule is Cc1ccc(-c2cc(C(=O)NCC(c3ccco3)N3CCCCC3)no2)cc1C. The average Bonchev–Trinajstić information content (AvgIpc) is 3.43. The highest BCUT2D eigenvalue weighted by Gasteiger charge is 2.25. The van der Waals surface area contributed by atoms with Crippen molar-refractivity contribution in [3.63, 3.8) is 0 Å². The Kier molecular flexibility index (Phi) is 5.81. The number of piperidine rings is 1. The molecule has 0 aliphatic carbocycles.